The fraction of sp³-hybridized carbons (Fsp3) is 0.781. The third-order valence-corrected chi connectivity index (χ3v) is 5.97. The van der Waals surface area contributed by atoms with Crippen molar-refractivity contribution in [2.75, 3.05) is 0 Å². The summed E-state index contributed by atoms with van der Waals surface area (Å²) in [5.74, 6) is -0.0559. The van der Waals surface area contributed by atoms with E-state index in [-0.39, 0.29) is 22.9 Å². The molecule has 0 N–H and O–H groups in total. The average molecular weight is 475 g/mol. The van der Waals surface area contributed by atoms with Crippen LogP contribution in [0.5, 0.6) is 0 Å². The number of esters is 1. The summed E-state index contributed by atoms with van der Waals surface area (Å²) >= 11 is 0. The van der Waals surface area contributed by atoms with E-state index in [0.29, 0.717) is 6.42 Å². The smallest absolute Gasteiger partial charge is 0.306 e. The highest BCUT2D eigenvalue weighted by Gasteiger charge is 2.24. The summed E-state index contributed by atoms with van der Waals surface area (Å²) in [5.41, 5.74) is 1.45. The molecule has 0 amide bonds. The minimum absolute atomic E-state index is 0.0559. The molecule has 0 rings (SSSR count). The van der Waals surface area contributed by atoms with E-state index in [4.69, 9.17) is 4.74 Å². The van der Waals surface area contributed by atoms with Crippen LogP contribution in [0.2, 0.25) is 0 Å². The molecule has 0 saturated carbocycles. The maximum absolute atomic E-state index is 12.5. The Labute approximate surface area is 213 Å². The van der Waals surface area contributed by atoms with Crippen LogP contribution >= 0.6 is 0 Å². The molecular weight excluding hydrogens is 416 g/mol. The quantitative estimate of drug-likeness (QED) is 0.106. The van der Waals surface area contributed by atoms with Gasteiger partial charge in [-0.05, 0) is 74.2 Å². The van der Waals surface area contributed by atoms with Crippen LogP contribution in [-0.4, -0.2) is 12.1 Å². The lowest BCUT2D eigenvalue weighted by Crippen LogP contribution is -2.24. The van der Waals surface area contributed by atoms with E-state index in [1.165, 1.54) is 44.9 Å². The van der Waals surface area contributed by atoms with Crippen LogP contribution in [0.3, 0.4) is 0 Å². The molecule has 0 saturated heterocycles. The van der Waals surface area contributed by atoms with Gasteiger partial charge in [-0.3, -0.25) is 4.79 Å². The molecule has 0 heterocycles. The second-order valence-corrected chi connectivity index (χ2v) is 12.5. The van der Waals surface area contributed by atoms with Gasteiger partial charge in [0.1, 0.15) is 6.10 Å². The van der Waals surface area contributed by atoms with Gasteiger partial charge in [0.05, 0.1) is 0 Å². The lowest BCUT2D eigenvalue weighted by atomic mass is 9.83. The van der Waals surface area contributed by atoms with Crippen molar-refractivity contribution < 1.29 is 9.53 Å². The van der Waals surface area contributed by atoms with E-state index in [2.05, 4.69) is 79.3 Å². The van der Waals surface area contributed by atoms with Crippen molar-refractivity contribution in [1.82, 2.24) is 0 Å². The van der Waals surface area contributed by atoms with E-state index in [1.54, 1.807) is 0 Å². The first-order valence-corrected chi connectivity index (χ1v) is 14.1. The van der Waals surface area contributed by atoms with Crippen LogP contribution in [0, 0.1) is 10.8 Å². The van der Waals surface area contributed by atoms with Gasteiger partial charge in [-0.1, -0.05) is 111 Å². The molecule has 2 heteroatoms. The molecule has 1 atom stereocenters. The molecule has 1 unspecified atom stereocenters. The molecule has 0 spiro atoms. The minimum atomic E-state index is -0.149. The highest BCUT2D eigenvalue weighted by molar-refractivity contribution is 5.69. The Balaban J connectivity index is 4.03. The van der Waals surface area contributed by atoms with Gasteiger partial charge in [-0.25, -0.2) is 0 Å². The second-order valence-electron chi connectivity index (χ2n) is 12.5. The van der Waals surface area contributed by atoms with Crippen LogP contribution in [0.25, 0.3) is 0 Å². The van der Waals surface area contributed by atoms with Crippen molar-refractivity contribution in [3.8, 4) is 0 Å². The van der Waals surface area contributed by atoms with Crippen molar-refractivity contribution in [3.05, 3.63) is 36.5 Å². The van der Waals surface area contributed by atoms with Crippen LogP contribution < -0.4 is 0 Å². The predicted molar refractivity (Wildman–Crippen MR) is 151 cm³/mol. The largest absolute Gasteiger partial charge is 0.458 e. The molecule has 198 valence electrons. The number of unbranched alkanes of at least 4 members (excludes halogenated alkanes) is 8. The van der Waals surface area contributed by atoms with Gasteiger partial charge in [0, 0.05) is 6.42 Å². The lowest BCUT2D eigenvalue weighted by molar-refractivity contribution is -0.148. The van der Waals surface area contributed by atoms with Gasteiger partial charge in [0.2, 0.25) is 0 Å². The molecule has 0 aromatic rings. The zero-order valence-electron chi connectivity index (χ0n) is 24.0. The maximum Gasteiger partial charge on any atom is 0.306 e. The molecule has 34 heavy (non-hydrogen) atoms. The normalized spacial score (nSPS) is 13.6. The summed E-state index contributed by atoms with van der Waals surface area (Å²) in [5, 5.41) is 0. The van der Waals surface area contributed by atoms with Gasteiger partial charge in [0.25, 0.3) is 0 Å². The Morgan fingerprint density at radius 3 is 1.91 bits per heavy atom. The Morgan fingerprint density at radius 1 is 0.794 bits per heavy atom. The molecule has 0 aromatic heterocycles. The third-order valence-electron chi connectivity index (χ3n) is 5.97. The van der Waals surface area contributed by atoms with Gasteiger partial charge in [-0.15, -0.1) is 0 Å². The molecule has 0 fully saturated rings. The molecule has 0 bridgehead atoms. The van der Waals surface area contributed by atoms with E-state index in [9.17, 15) is 4.79 Å². The molecule has 0 aromatic carbocycles. The monoisotopic (exact) mass is 474 g/mol. The standard InChI is InChI=1S/C32H58O2/c1-9-10-11-12-13-14-15-16-17-18-19-20-21-22-23-24-30(33)34-29(25-26-31(3,4)5)28(2)27-32(6,7)8/h13-14,16-17,29H,2,9-12,15,18-27H2,1,3-8H3. The van der Waals surface area contributed by atoms with Gasteiger partial charge in [-0.2, -0.15) is 0 Å². The summed E-state index contributed by atoms with van der Waals surface area (Å²) in [7, 11) is 0. The number of carbonyl (C=O) groups is 1. The van der Waals surface area contributed by atoms with Crippen molar-refractivity contribution in [2.24, 2.45) is 10.8 Å². The Kier molecular flexibility index (Phi) is 18.2. The molecule has 0 aliphatic carbocycles. The third kappa shape index (κ3) is 22.5. The zero-order chi connectivity index (χ0) is 25.9. The minimum Gasteiger partial charge on any atom is -0.458 e. The number of allylic oxidation sites excluding steroid dienone is 4. The van der Waals surface area contributed by atoms with Crippen molar-refractivity contribution >= 4 is 5.97 Å². The first-order valence-electron chi connectivity index (χ1n) is 14.1. The summed E-state index contributed by atoms with van der Waals surface area (Å²) in [6, 6.07) is 0. The Hall–Kier alpha value is -1.31. The predicted octanol–water partition coefficient (Wildman–Crippen LogP) is 10.5. The van der Waals surface area contributed by atoms with Crippen LogP contribution in [0.1, 0.15) is 145 Å². The number of hydrogen-bond donors (Lipinski definition) is 0. The lowest BCUT2D eigenvalue weighted by Gasteiger charge is -2.28. The van der Waals surface area contributed by atoms with Crippen LogP contribution in [0.4, 0.5) is 0 Å². The topological polar surface area (TPSA) is 26.3 Å². The number of carbonyl (C=O) groups excluding carboxylic acids is 1. The number of rotatable bonds is 19. The van der Waals surface area contributed by atoms with Crippen LogP contribution in [0.15, 0.2) is 36.5 Å². The molecular formula is C32H58O2. The van der Waals surface area contributed by atoms with Gasteiger partial charge >= 0.3 is 5.97 Å². The first-order chi connectivity index (χ1) is 15.9. The van der Waals surface area contributed by atoms with E-state index in [0.717, 1.165) is 50.5 Å². The highest BCUT2D eigenvalue weighted by atomic mass is 16.5. The van der Waals surface area contributed by atoms with Crippen molar-refractivity contribution in [2.45, 2.75) is 151 Å². The maximum atomic E-state index is 12.5. The van der Waals surface area contributed by atoms with E-state index < -0.39 is 0 Å². The van der Waals surface area contributed by atoms with Crippen LogP contribution in [-0.2, 0) is 9.53 Å². The van der Waals surface area contributed by atoms with Crippen molar-refractivity contribution in [3.63, 3.8) is 0 Å². The zero-order valence-corrected chi connectivity index (χ0v) is 24.0. The summed E-state index contributed by atoms with van der Waals surface area (Å²) in [4.78, 5) is 12.5. The SMILES string of the molecule is C=C(CC(C)(C)C)C(CCC(C)(C)C)OC(=O)CCCCCCCC=CCC=CCCCCC. The molecule has 0 aliphatic rings. The van der Waals surface area contributed by atoms with Gasteiger partial charge in [0.15, 0.2) is 0 Å². The average Bonchev–Trinajstić information content (AvgIpc) is 2.72. The summed E-state index contributed by atoms with van der Waals surface area (Å²) in [6.45, 7) is 19.9. The fourth-order valence-corrected chi connectivity index (χ4v) is 4.00. The molecule has 0 aliphatic heterocycles. The summed E-state index contributed by atoms with van der Waals surface area (Å²) in [6.07, 6.45) is 25.5. The molecule has 2 nitrogen and oxygen atoms in total. The first kappa shape index (κ1) is 32.7. The number of hydrogen-bond acceptors (Lipinski definition) is 2. The number of ether oxygens (including phenoxy) is 1. The second kappa shape index (κ2) is 18.9. The summed E-state index contributed by atoms with van der Waals surface area (Å²) < 4.78 is 5.92. The highest BCUT2D eigenvalue weighted by Crippen LogP contribution is 2.30. The van der Waals surface area contributed by atoms with Gasteiger partial charge < -0.3 is 4.74 Å². The Bertz CT molecular complexity index is 583. The molecule has 0 radical (unpaired) electrons. The Morgan fingerprint density at radius 2 is 1.35 bits per heavy atom. The van der Waals surface area contributed by atoms with Crippen molar-refractivity contribution in [1.29, 1.82) is 0 Å². The fourth-order valence-electron chi connectivity index (χ4n) is 4.00. The van der Waals surface area contributed by atoms with E-state index >= 15 is 0 Å². The van der Waals surface area contributed by atoms with E-state index in [1.807, 2.05) is 0 Å².